The zero-order valence-electron chi connectivity index (χ0n) is 12.3. The lowest BCUT2D eigenvalue weighted by Gasteiger charge is -2.18. The van der Waals surface area contributed by atoms with E-state index in [9.17, 15) is 5.11 Å². The highest BCUT2D eigenvalue weighted by molar-refractivity contribution is 5.69. The van der Waals surface area contributed by atoms with Crippen molar-refractivity contribution in [3.05, 3.63) is 48.0 Å². The first-order valence-corrected chi connectivity index (χ1v) is 7.12. The van der Waals surface area contributed by atoms with Crippen LogP contribution < -0.4 is 22.1 Å². The number of nitrogens with two attached hydrogens (primary N) is 2. The average molecular weight is 302 g/mol. The molecule has 0 aliphatic carbocycles. The number of aliphatic hydroxyl groups excluding tert-OH is 2. The number of benzene rings is 2. The molecule has 0 fully saturated rings. The third kappa shape index (κ3) is 4.28. The Morgan fingerprint density at radius 2 is 1.77 bits per heavy atom. The van der Waals surface area contributed by atoms with Crippen LogP contribution in [0.5, 0.6) is 0 Å². The largest absolute Gasteiger partial charge is 0.399 e. The molecule has 2 rings (SSSR count). The smallest absolute Gasteiger partial charge is 0.126 e. The molecule has 0 radical (unpaired) electrons. The van der Waals surface area contributed by atoms with Crippen LogP contribution in [0.4, 0.5) is 22.7 Å². The fraction of sp³-hybridized carbons (Fsp3) is 0.250. The Balaban J connectivity index is 2.08. The summed E-state index contributed by atoms with van der Waals surface area (Å²) in [5.41, 5.74) is 15.5. The van der Waals surface area contributed by atoms with Gasteiger partial charge in [0.2, 0.25) is 0 Å². The van der Waals surface area contributed by atoms with Crippen molar-refractivity contribution < 1.29 is 10.2 Å². The van der Waals surface area contributed by atoms with E-state index in [0.29, 0.717) is 17.9 Å². The molecule has 1 atom stereocenters. The number of nitrogens with one attached hydrogen (secondary N) is 2. The predicted octanol–water partition coefficient (Wildman–Crippen LogP) is 1.58. The summed E-state index contributed by atoms with van der Waals surface area (Å²) in [6.45, 7) is 0.440. The van der Waals surface area contributed by atoms with Crippen molar-refractivity contribution in [3.8, 4) is 0 Å². The van der Waals surface area contributed by atoms with Crippen LogP contribution >= 0.6 is 0 Å². The molecule has 6 nitrogen and oxygen atoms in total. The summed E-state index contributed by atoms with van der Waals surface area (Å²) in [6, 6.07) is 12.9. The van der Waals surface area contributed by atoms with Gasteiger partial charge >= 0.3 is 0 Å². The Labute approximate surface area is 129 Å². The molecule has 22 heavy (non-hydrogen) atoms. The molecular weight excluding hydrogens is 280 g/mol. The van der Waals surface area contributed by atoms with E-state index in [1.165, 1.54) is 0 Å². The second-order valence-electron chi connectivity index (χ2n) is 5.03. The van der Waals surface area contributed by atoms with Crippen molar-refractivity contribution in [2.24, 2.45) is 0 Å². The molecule has 118 valence electrons. The van der Waals surface area contributed by atoms with Crippen LogP contribution in [0.1, 0.15) is 12.0 Å². The maximum atomic E-state index is 9.76. The zero-order valence-corrected chi connectivity index (χ0v) is 12.3. The van der Waals surface area contributed by atoms with Gasteiger partial charge in [-0.05, 0) is 35.9 Å². The van der Waals surface area contributed by atoms with Gasteiger partial charge in [0.05, 0.1) is 11.4 Å². The molecule has 6 heteroatoms. The Morgan fingerprint density at radius 1 is 1.05 bits per heavy atom. The number of rotatable bonds is 7. The average Bonchev–Trinajstić information content (AvgIpc) is 2.50. The van der Waals surface area contributed by atoms with Gasteiger partial charge in [-0.1, -0.05) is 12.1 Å². The van der Waals surface area contributed by atoms with E-state index in [-0.39, 0.29) is 13.0 Å². The van der Waals surface area contributed by atoms with Gasteiger partial charge in [-0.3, -0.25) is 0 Å². The Hall–Kier alpha value is -2.44. The van der Waals surface area contributed by atoms with Crippen molar-refractivity contribution in [3.63, 3.8) is 0 Å². The lowest BCUT2D eigenvalue weighted by molar-refractivity contribution is 0.155. The number of hydrogen-bond acceptors (Lipinski definition) is 6. The number of aliphatic hydroxyl groups is 2. The molecule has 0 spiro atoms. The summed E-state index contributed by atoms with van der Waals surface area (Å²) in [4.78, 5) is 0. The van der Waals surface area contributed by atoms with Crippen LogP contribution in [-0.4, -0.2) is 23.0 Å². The van der Waals surface area contributed by atoms with E-state index < -0.39 is 6.23 Å². The molecule has 2 aromatic rings. The summed E-state index contributed by atoms with van der Waals surface area (Å²) in [5, 5.41) is 24.8. The first-order valence-electron chi connectivity index (χ1n) is 7.12. The Morgan fingerprint density at radius 3 is 2.50 bits per heavy atom. The molecule has 1 unspecified atom stereocenters. The van der Waals surface area contributed by atoms with E-state index in [0.717, 1.165) is 16.9 Å². The number of anilines is 4. The van der Waals surface area contributed by atoms with Crippen LogP contribution in [0.2, 0.25) is 0 Å². The molecule has 0 aliphatic rings. The molecule has 0 saturated heterocycles. The third-order valence-corrected chi connectivity index (χ3v) is 3.29. The lowest BCUT2D eigenvalue weighted by atomic mass is 10.1. The van der Waals surface area contributed by atoms with Crippen molar-refractivity contribution in [1.29, 1.82) is 0 Å². The third-order valence-electron chi connectivity index (χ3n) is 3.29. The normalized spacial score (nSPS) is 11.9. The van der Waals surface area contributed by atoms with E-state index in [1.54, 1.807) is 12.1 Å². The maximum absolute atomic E-state index is 9.76. The fourth-order valence-corrected chi connectivity index (χ4v) is 2.11. The predicted molar refractivity (Wildman–Crippen MR) is 90.4 cm³/mol. The van der Waals surface area contributed by atoms with Crippen LogP contribution in [0.25, 0.3) is 0 Å². The topological polar surface area (TPSA) is 117 Å². The fourth-order valence-electron chi connectivity index (χ4n) is 2.11. The molecule has 8 N–H and O–H groups in total. The minimum Gasteiger partial charge on any atom is -0.399 e. The molecule has 0 saturated carbocycles. The number of para-hydroxylation sites is 2. The zero-order chi connectivity index (χ0) is 15.9. The molecule has 0 aliphatic heterocycles. The minimum atomic E-state index is -0.801. The number of hydrogen-bond donors (Lipinski definition) is 6. The molecule has 0 aromatic heterocycles. The second kappa shape index (κ2) is 7.53. The maximum Gasteiger partial charge on any atom is 0.126 e. The van der Waals surface area contributed by atoms with Crippen molar-refractivity contribution in [2.75, 3.05) is 28.7 Å². The van der Waals surface area contributed by atoms with Gasteiger partial charge in [0, 0.05) is 30.9 Å². The highest BCUT2D eigenvalue weighted by Gasteiger charge is 2.07. The standard InChI is InChI=1S/C16H22N4O2/c17-12-5-6-13(18)11(9-12)10-19-14-3-1-2-4-15(14)20-16(22)7-8-21/h1-6,9,16,19-22H,7-8,10,17-18H2. The van der Waals surface area contributed by atoms with E-state index in [2.05, 4.69) is 10.6 Å². The van der Waals surface area contributed by atoms with Gasteiger partial charge in [0.1, 0.15) is 6.23 Å². The van der Waals surface area contributed by atoms with Crippen LogP contribution in [0.3, 0.4) is 0 Å². The molecule has 0 heterocycles. The second-order valence-corrected chi connectivity index (χ2v) is 5.03. The van der Waals surface area contributed by atoms with Gasteiger partial charge < -0.3 is 32.3 Å². The van der Waals surface area contributed by atoms with Crippen LogP contribution in [0, 0.1) is 0 Å². The van der Waals surface area contributed by atoms with Crippen molar-refractivity contribution in [1.82, 2.24) is 0 Å². The molecule has 0 amide bonds. The Kier molecular flexibility index (Phi) is 5.46. The minimum absolute atomic E-state index is 0.0798. The van der Waals surface area contributed by atoms with Gasteiger partial charge in [0.15, 0.2) is 0 Å². The van der Waals surface area contributed by atoms with Gasteiger partial charge in [-0.25, -0.2) is 0 Å². The van der Waals surface area contributed by atoms with Crippen molar-refractivity contribution >= 4 is 22.7 Å². The molecular formula is C16H22N4O2. The summed E-state index contributed by atoms with van der Waals surface area (Å²) < 4.78 is 0. The number of nitrogen functional groups attached to an aromatic ring is 2. The van der Waals surface area contributed by atoms with E-state index in [1.807, 2.05) is 30.3 Å². The summed E-state index contributed by atoms with van der Waals surface area (Å²) in [6.07, 6.45) is -0.540. The van der Waals surface area contributed by atoms with Gasteiger partial charge in [0.25, 0.3) is 0 Å². The summed E-state index contributed by atoms with van der Waals surface area (Å²) >= 11 is 0. The quantitative estimate of drug-likeness (QED) is 0.341. The van der Waals surface area contributed by atoms with E-state index in [4.69, 9.17) is 16.6 Å². The first kappa shape index (κ1) is 15.9. The van der Waals surface area contributed by atoms with Gasteiger partial charge in [-0.2, -0.15) is 0 Å². The summed E-state index contributed by atoms with van der Waals surface area (Å²) in [5.74, 6) is 0. The van der Waals surface area contributed by atoms with Gasteiger partial charge in [-0.15, -0.1) is 0 Å². The van der Waals surface area contributed by atoms with E-state index >= 15 is 0 Å². The molecule has 2 aromatic carbocycles. The SMILES string of the molecule is Nc1ccc(N)c(CNc2ccccc2NC(O)CCO)c1. The molecule has 0 bridgehead atoms. The lowest BCUT2D eigenvalue weighted by Crippen LogP contribution is -2.20. The van der Waals surface area contributed by atoms with Crippen molar-refractivity contribution in [2.45, 2.75) is 19.2 Å². The van der Waals surface area contributed by atoms with Crippen LogP contribution in [0.15, 0.2) is 42.5 Å². The van der Waals surface area contributed by atoms with Crippen LogP contribution in [-0.2, 0) is 6.54 Å². The summed E-state index contributed by atoms with van der Waals surface area (Å²) in [7, 11) is 0. The monoisotopic (exact) mass is 302 g/mol. The highest BCUT2D eigenvalue weighted by Crippen LogP contribution is 2.24. The Bertz CT molecular complexity index is 619. The highest BCUT2D eigenvalue weighted by atomic mass is 16.3. The first-order chi connectivity index (χ1) is 10.6.